The largest absolute Gasteiger partial charge is 0.392 e. The second kappa shape index (κ2) is 6.01. The minimum Gasteiger partial charge on any atom is -0.392 e. The van der Waals surface area contributed by atoms with Gasteiger partial charge in [0, 0.05) is 19.2 Å². The molecule has 4 heteroatoms. The van der Waals surface area contributed by atoms with Crippen molar-refractivity contribution in [2.24, 2.45) is 5.92 Å². The van der Waals surface area contributed by atoms with Gasteiger partial charge in [-0.05, 0) is 12.3 Å². The monoisotopic (exact) mass is 224 g/mol. The molecule has 0 aromatic carbocycles. The topological polar surface area (TPSA) is 58.3 Å². The molecular formula is C12H20N2O2. The van der Waals surface area contributed by atoms with E-state index < -0.39 is 0 Å². The zero-order valence-corrected chi connectivity index (χ0v) is 9.56. The predicted molar refractivity (Wildman–Crippen MR) is 60.8 cm³/mol. The first kappa shape index (κ1) is 11.6. The fourth-order valence-corrected chi connectivity index (χ4v) is 2.41. The van der Waals surface area contributed by atoms with Gasteiger partial charge >= 0.3 is 0 Å². The van der Waals surface area contributed by atoms with E-state index in [0.29, 0.717) is 13.1 Å². The maximum Gasteiger partial charge on any atom is 0.124 e. The lowest BCUT2D eigenvalue weighted by Gasteiger charge is -2.15. The van der Waals surface area contributed by atoms with Gasteiger partial charge in [0.2, 0.25) is 0 Å². The van der Waals surface area contributed by atoms with Crippen LogP contribution < -0.4 is 5.32 Å². The predicted octanol–water partition coefficient (Wildman–Crippen LogP) is 1.71. The average molecular weight is 224 g/mol. The van der Waals surface area contributed by atoms with E-state index >= 15 is 0 Å². The van der Waals surface area contributed by atoms with E-state index in [4.69, 9.17) is 4.52 Å². The zero-order valence-electron chi connectivity index (χ0n) is 9.56. The summed E-state index contributed by atoms with van der Waals surface area (Å²) in [7, 11) is 0. The second-order valence-corrected chi connectivity index (χ2v) is 4.66. The first-order valence-electron chi connectivity index (χ1n) is 6.12. The number of hydrogen-bond donors (Lipinski definition) is 2. The number of aliphatic hydroxyl groups is 1. The normalized spacial score (nSPS) is 19.1. The maximum absolute atomic E-state index is 9.83. The first-order valence-corrected chi connectivity index (χ1v) is 6.12. The Morgan fingerprint density at radius 2 is 2.31 bits per heavy atom. The summed E-state index contributed by atoms with van der Waals surface area (Å²) < 4.78 is 4.73. The van der Waals surface area contributed by atoms with Crippen LogP contribution in [-0.4, -0.2) is 22.9 Å². The summed E-state index contributed by atoms with van der Waals surface area (Å²) in [5.74, 6) is 0.740. The smallest absolute Gasteiger partial charge is 0.124 e. The molecule has 2 rings (SSSR count). The number of aromatic nitrogens is 1. The quantitative estimate of drug-likeness (QED) is 0.772. The molecule has 1 atom stereocenters. The molecule has 1 fully saturated rings. The second-order valence-electron chi connectivity index (χ2n) is 4.66. The van der Waals surface area contributed by atoms with E-state index in [2.05, 4.69) is 10.5 Å². The Balaban J connectivity index is 1.58. The minimum atomic E-state index is -0.227. The van der Waals surface area contributed by atoms with Crippen LogP contribution in [0, 0.1) is 5.92 Å². The highest BCUT2D eigenvalue weighted by atomic mass is 16.5. The minimum absolute atomic E-state index is 0.227. The highest BCUT2D eigenvalue weighted by Gasteiger charge is 2.18. The third kappa shape index (κ3) is 3.61. The van der Waals surface area contributed by atoms with Gasteiger partial charge in [-0.25, -0.2) is 0 Å². The van der Waals surface area contributed by atoms with E-state index in [-0.39, 0.29) is 6.10 Å². The molecule has 0 saturated heterocycles. The Morgan fingerprint density at radius 3 is 3.00 bits per heavy atom. The highest BCUT2D eigenvalue weighted by molar-refractivity contribution is 4.94. The van der Waals surface area contributed by atoms with Gasteiger partial charge in [-0.2, -0.15) is 0 Å². The van der Waals surface area contributed by atoms with E-state index in [1.807, 2.05) is 6.07 Å². The van der Waals surface area contributed by atoms with Crippen molar-refractivity contribution in [2.45, 2.75) is 44.8 Å². The van der Waals surface area contributed by atoms with Gasteiger partial charge in [0.25, 0.3) is 0 Å². The lowest BCUT2D eigenvalue weighted by Crippen LogP contribution is -2.28. The fraction of sp³-hybridized carbons (Fsp3) is 0.750. The lowest BCUT2D eigenvalue weighted by atomic mass is 10.0. The maximum atomic E-state index is 9.83. The third-order valence-electron chi connectivity index (χ3n) is 3.26. The van der Waals surface area contributed by atoms with Crippen LogP contribution >= 0.6 is 0 Å². The van der Waals surface area contributed by atoms with Crippen molar-refractivity contribution in [3.8, 4) is 0 Å². The Hall–Kier alpha value is -0.870. The van der Waals surface area contributed by atoms with Crippen LogP contribution in [0.15, 0.2) is 16.9 Å². The summed E-state index contributed by atoms with van der Waals surface area (Å²) in [6.45, 7) is 1.31. The van der Waals surface area contributed by atoms with E-state index in [1.54, 1.807) is 6.26 Å². The third-order valence-corrected chi connectivity index (χ3v) is 3.26. The van der Waals surface area contributed by atoms with Gasteiger partial charge in [-0.15, -0.1) is 0 Å². The number of aliphatic hydroxyl groups excluding tert-OH is 1. The molecule has 0 bridgehead atoms. The van der Waals surface area contributed by atoms with Gasteiger partial charge in [-0.1, -0.05) is 30.8 Å². The van der Waals surface area contributed by atoms with Crippen molar-refractivity contribution in [3.05, 3.63) is 18.0 Å². The molecule has 16 heavy (non-hydrogen) atoms. The molecular weight excluding hydrogens is 204 g/mol. The SMILES string of the molecule is OC(CNCc1ccon1)CC1CCCC1. The van der Waals surface area contributed by atoms with Crippen LogP contribution in [0.1, 0.15) is 37.8 Å². The van der Waals surface area contributed by atoms with Gasteiger partial charge in [-0.3, -0.25) is 0 Å². The summed E-state index contributed by atoms with van der Waals surface area (Å²) in [4.78, 5) is 0. The van der Waals surface area contributed by atoms with Crippen molar-refractivity contribution in [1.82, 2.24) is 10.5 Å². The van der Waals surface area contributed by atoms with E-state index in [1.165, 1.54) is 25.7 Å². The Kier molecular flexibility index (Phi) is 4.36. The zero-order chi connectivity index (χ0) is 11.2. The Bertz CT molecular complexity index is 281. The summed E-state index contributed by atoms with van der Waals surface area (Å²) in [6.07, 6.45) is 7.53. The molecule has 90 valence electrons. The van der Waals surface area contributed by atoms with Crippen molar-refractivity contribution in [3.63, 3.8) is 0 Å². The number of hydrogen-bond acceptors (Lipinski definition) is 4. The van der Waals surface area contributed by atoms with E-state index in [9.17, 15) is 5.11 Å². The molecule has 0 aliphatic heterocycles. The van der Waals surface area contributed by atoms with E-state index in [0.717, 1.165) is 18.0 Å². The van der Waals surface area contributed by atoms with Gasteiger partial charge in [0.15, 0.2) is 0 Å². The molecule has 1 aliphatic carbocycles. The fourth-order valence-electron chi connectivity index (χ4n) is 2.41. The van der Waals surface area contributed by atoms with Crippen molar-refractivity contribution in [1.29, 1.82) is 0 Å². The molecule has 1 saturated carbocycles. The average Bonchev–Trinajstić information content (AvgIpc) is 2.90. The molecule has 0 radical (unpaired) electrons. The van der Waals surface area contributed by atoms with Crippen molar-refractivity contribution < 1.29 is 9.63 Å². The van der Waals surface area contributed by atoms with Crippen molar-refractivity contribution >= 4 is 0 Å². The van der Waals surface area contributed by atoms with Crippen LogP contribution in [-0.2, 0) is 6.54 Å². The van der Waals surface area contributed by atoms with Crippen LogP contribution in [0.2, 0.25) is 0 Å². The van der Waals surface area contributed by atoms with Gasteiger partial charge in [0.1, 0.15) is 6.26 Å². The molecule has 2 N–H and O–H groups in total. The number of nitrogens with zero attached hydrogens (tertiary/aromatic N) is 1. The molecule has 1 aromatic heterocycles. The van der Waals surface area contributed by atoms with Gasteiger partial charge in [0.05, 0.1) is 11.8 Å². The molecule has 1 unspecified atom stereocenters. The van der Waals surface area contributed by atoms with Gasteiger partial charge < -0.3 is 14.9 Å². The Morgan fingerprint density at radius 1 is 1.50 bits per heavy atom. The molecule has 1 heterocycles. The molecule has 4 nitrogen and oxygen atoms in total. The molecule has 0 spiro atoms. The Labute approximate surface area is 96.0 Å². The summed E-state index contributed by atoms with van der Waals surface area (Å²) in [6, 6.07) is 1.83. The molecule has 1 aromatic rings. The lowest BCUT2D eigenvalue weighted by molar-refractivity contribution is 0.140. The highest BCUT2D eigenvalue weighted by Crippen LogP contribution is 2.28. The molecule has 0 amide bonds. The van der Waals surface area contributed by atoms with Crippen LogP contribution in [0.5, 0.6) is 0 Å². The van der Waals surface area contributed by atoms with Crippen LogP contribution in [0.4, 0.5) is 0 Å². The standard InChI is InChI=1S/C12H20N2O2/c15-12(7-10-3-1-2-4-10)9-13-8-11-5-6-16-14-11/h5-6,10,12-13,15H,1-4,7-9H2. The number of nitrogens with one attached hydrogen (secondary N) is 1. The van der Waals surface area contributed by atoms with Crippen LogP contribution in [0.25, 0.3) is 0 Å². The summed E-state index contributed by atoms with van der Waals surface area (Å²) in [5, 5.41) is 16.8. The molecule has 1 aliphatic rings. The summed E-state index contributed by atoms with van der Waals surface area (Å²) in [5.41, 5.74) is 0.882. The van der Waals surface area contributed by atoms with Crippen LogP contribution in [0.3, 0.4) is 0 Å². The summed E-state index contributed by atoms with van der Waals surface area (Å²) >= 11 is 0. The van der Waals surface area contributed by atoms with Crippen molar-refractivity contribution in [2.75, 3.05) is 6.54 Å². The first-order chi connectivity index (χ1) is 7.84. The number of rotatable bonds is 6.